The molecule has 1 heterocycles. The van der Waals surface area contributed by atoms with Crippen LogP contribution in [0, 0.1) is 19.8 Å². The van der Waals surface area contributed by atoms with Crippen LogP contribution in [-0.4, -0.2) is 42.8 Å². The summed E-state index contributed by atoms with van der Waals surface area (Å²) in [4.78, 5) is 11.5. The number of nitrogens with zero attached hydrogens (tertiary/aromatic N) is 2. The number of hydrogen-bond acceptors (Lipinski definition) is 5. The zero-order chi connectivity index (χ0) is 16.2. The number of ether oxygens (including phenoxy) is 1. The third kappa shape index (κ3) is 4.56. The van der Waals surface area contributed by atoms with E-state index in [1.54, 1.807) is 11.6 Å². The summed E-state index contributed by atoms with van der Waals surface area (Å²) in [7, 11) is -1.64. The van der Waals surface area contributed by atoms with E-state index in [4.69, 9.17) is 4.74 Å². The van der Waals surface area contributed by atoms with Crippen molar-refractivity contribution in [1.82, 2.24) is 9.78 Å². The van der Waals surface area contributed by atoms with Crippen LogP contribution in [-0.2, 0) is 32.3 Å². The monoisotopic (exact) mass is 316 g/mol. The minimum absolute atomic E-state index is 0.0808. The molecule has 0 aliphatic heterocycles. The topological polar surface area (TPSA) is 78.3 Å². The molecule has 0 spiro atoms. The van der Waals surface area contributed by atoms with Gasteiger partial charge in [-0.05, 0) is 25.8 Å². The van der Waals surface area contributed by atoms with Crippen molar-refractivity contribution in [2.45, 2.75) is 40.7 Å². The van der Waals surface area contributed by atoms with Gasteiger partial charge in [0.2, 0.25) is 0 Å². The first kappa shape index (κ1) is 17.7. The SMILES string of the molecule is CCS(=O)(=O)CCn1nc(C)c(CC(C)C(=O)OC)c1C. The molecule has 0 fully saturated rings. The Labute approximate surface area is 126 Å². The summed E-state index contributed by atoms with van der Waals surface area (Å²) >= 11 is 0. The lowest BCUT2D eigenvalue weighted by atomic mass is 10.00. The van der Waals surface area contributed by atoms with Crippen LogP contribution >= 0.6 is 0 Å². The highest BCUT2D eigenvalue weighted by atomic mass is 32.2. The van der Waals surface area contributed by atoms with E-state index in [0.717, 1.165) is 17.0 Å². The number of sulfone groups is 1. The molecule has 0 radical (unpaired) electrons. The fourth-order valence-electron chi connectivity index (χ4n) is 2.21. The molecule has 1 atom stereocenters. The molecule has 0 aliphatic rings. The number of carbonyl (C=O) groups is 1. The lowest BCUT2D eigenvalue weighted by Gasteiger charge is -2.10. The number of methoxy groups -OCH3 is 1. The van der Waals surface area contributed by atoms with Gasteiger partial charge in [-0.2, -0.15) is 5.10 Å². The van der Waals surface area contributed by atoms with Crippen molar-refractivity contribution in [3.05, 3.63) is 17.0 Å². The van der Waals surface area contributed by atoms with Crippen LogP contribution in [0.3, 0.4) is 0 Å². The van der Waals surface area contributed by atoms with Crippen molar-refractivity contribution < 1.29 is 17.9 Å². The summed E-state index contributed by atoms with van der Waals surface area (Å²) in [6.45, 7) is 7.56. The molecule has 0 amide bonds. The van der Waals surface area contributed by atoms with Crippen molar-refractivity contribution in [2.24, 2.45) is 5.92 Å². The first-order chi connectivity index (χ1) is 9.71. The largest absolute Gasteiger partial charge is 0.469 e. The second-order valence-corrected chi connectivity index (χ2v) is 7.71. The smallest absolute Gasteiger partial charge is 0.308 e. The van der Waals surface area contributed by atoms with Gasteiger partial charge in [0.15, 0.2) is 9.84 Å². The first-order valence-electron chi connectivity index (χ1n) is 7.03. The molecule has 1 unspecified atom stereocenters. The molecule has 21 heavy (non-hydrogen) atoms. The average molecular weight is 316 g/mol. The molecule has 6 nitrogen and oxygen atoms in total. The van der Waals surface area contributed by atoms with Crippen LogP contribution in [0.4, 0.5) is 0 Å². The normalized spacial score (nSPS) is 13.2. The molecule has 1 rings (SSSR count). The van der Waals surface area contributed by atoms with E-state index in [1.165, 1.54) is 7.11 Å². The van der Waals surface area contributed by atoms with Crippen LogP contribution in [0.25, 0.3) is 0 Å². The van der Waals surface area contributed by atoms with Gasteiger partial charge >= 0.3 is 5.97 Å². The van der Waals surface area contributed by atoms with Crippen LogP contribution in [0.15, 0.2) is 0 Å². The van der Waals surface area contributed by atoms with Crippen LogP contribution in [0.1, 0.15) is 30.8 Å². The van der Waals surface area contributed by atoms with Crippen molar-refractivity contribution in [3.63, 3.8) is 0 Å². The maximum Gasteiger partial charge on any atom is 0.308 e. The first-order valence-corrected chi connectivity index (χ1v) is 8.85. The second kappa shape index (κ2) is 7.06. The number of esters is 1. The third-order valence-corrected chi connectivity index (χ3v) is 5.38. The molecule has 0 aromatic carbocycles. The highest BCUT2D eigenvalue weighted by molar-refractivity contribution is 7.91. The van der Waals surface area contributed by atoms with Crippen LogP contribution < -0.4 is 0 Å². The van der Waals surface area contributed by atoms with Crippen molar-refractivity contribution in [2.75, 3.05) is 18.6 Å². The fraction of sp³-hybridized carbons (Fsp3) is 0.714. The molecule has 7 heteroatoms. The van der Waals surface area contributed by atoms with E-state index in [1.807, 2.05) is 20.8 Å². The predicted octanol–water partition coefficient (Wildman–Crippen LogP) is 1.29. The standard InChI is InChI=1S/C14H24N2O4S/c1-6-21(18,19)8-7-16-12(4)13(11(3)15-16)9-10(2)14(17)20-5/h10H,6-9H2,1-5H3. The summed E-state index contributed by atoms with van der Waals surface area (Å²) in [6.07, 6.45) is 0.546. The van der Waals surface area contributed by atoms with Gasteiger partial charge in [0.05, 0.1) is 31.0 Å². The number of hydrogen-bond donors (Lipinski definition) is 0. The number of carbonyl (C=O) groups excluding carboxylic acids is 1. The van der Waals surface area contributed by atoms with Gasteiger partial charge in [-0.25, -0.2) is 8.42 Å². The summed E-state index contributed by atoms with van der Waals surface area (Å²) in [5.41, 5.74) is 2.73. The van der Waals surface area contributed by atoms with Gasteiger partial charge in [0.25, 0.3) is 0 Å². The molecule has 0 aliphatic carbocycles. The Morgan fingerprint density at radius 3 is 2.52 bits per heavy atom. The maximum atomic E-state index is 11.6. The van der Waals surface area contributed by atoms with Crippen molar-refractivity contribution in [3.8, 4) is 0 Å². The van der Waals surface area contributed by atoms with E-state index < -0.39 is 9.84 Å². The molecule has 0 N–H and O–H groups in total. The Morgan fingerprint density at radius 1 is 1.38 bits per heavy atom. The molecule has 120 valence electrons. The Hall–Kier alpha value is -1.37. The number of aromatic nitrogens is 2. The highest BCUT2D eigenvalue weighted by Gasteiger charge is 2.20. The fourth-order valence-corrected chi connectivity index (χ4v) is 2.95. The summed E-state index contributed by atoms with van der Waals surface area (Å²) in [5.74, 6) is -0.282. The quantitative estimate of drug-likeness (QED) is 0.708. The van der Waals surface area contributed by atoms with Crippen molar-refractivity contribution in [1.29, 1.82) is 0 Å². The summed E-state index contributed by atoms with van der Waals surface area (Å²) in [5, 5.41) is 4.39. The lowest BCUT2D eigenvalue weighted by molar-refractivity contribution is -0.144. The second-order valence-electron chi connectivity index (χ2n) is 5.24. The van der Waals surface area contributed by atoms with E-state index in [0.29, 0.717) is 13.0 Å². The summed E-state index contributed by atoms with van der Waals surface area (Å²) < 4.78 is 29.6. The third-order valence-electron chi connectivity index (χ3n) is 3.70. The Balaban J connectivity index is 2.88. The van der Waals surface area contributed by atoms with Gasteiger partial charge in [-0.15, -0.1) is 0 Å². The molecule has 0 bridgehead atoms. The maximum absolute atomic E-state index is 11.6. The van der Waals surface area contributed by atoms with Crippen molar-refractivity contribution >= 4 is 15.8 Å². The van der Waals surface area contributed by atoms with E-state index >= 15 is 0 Å². The highest BCUT2D eigenvalue weighted by Crippen LogP contribution is 2.18. The van der Waals surface area contributed by atoms with E-state index in [-0.39, 0.29) is 23.4 Å². The van der Waals surface area contributed by atoms with Gasteiger partial charge < -0.3 is 4.74 Å². The van der Waals surface area contributed by atoms with Gasteiger partial charge in [0, 0.05) is 11.4 Å². The Bertz CT molecular complexity index is 605. The average Bonchev–Trinajstić information content (AvgIpc) is 2.71. The molecular weight excluding hydrogens is 292 g/mol. The molecule has 1 aromatic rings. The van der Waals surface area contributed by atoms with Gasteiger partial charge in [0.1, 0.15) is 0 Å². The van der Waals surface area contributed by atoms with Crippen LogP contribution in [0.5, 0.6) is 0 Å². The zero-order valence-electron chi connectivity index (χ0n) is 13.3. The van der Waals surface area contributed by atoms with Crippen LogP contribution in [0.2, 0.25) is 0 Å². The Morgan fingerprint density at radius 2 is 2.00 bits per heavy atom. The number of aryl methyl sites for hydroxylation is 2. The van der Waals surface area contributed by atoms with E-state index in [9.17, 15) is 13.2 Å². The molecule has 0 saturated carbocycles. The lowest BCUT2D eigenvalue weighted by Crippen LogP contribution is -2.17. The molecular formula is C14H24N2O4S. The minimum Gasteiger partial charge on any atom is -0.469 e. The summed E-state index contributed by atoms with van der Waals surface area (Å²) in [6, 6.07) is 0. The minimum atomic E-state index is -3.01. The van der Waals surface area contributed by atoms with Gasteiger partial charge in [-0.1, -0.05) is 13.8 Å². The molecule has 1 aromatic heterocycles. The molecule has 0 saturated heterocycles. The predicted molar refractivity (Wildman–Crippen MR) is 80.9 cm³/mol. The van der Waals surface area contributed by atoms with Gasteiger partial charge in [-0.3, -0.25) is 9.48 Å². The Kier molecular flexibility index (Phi) is 5.95. The number of rotatable bonds is 7. The van der Waals surface area contributed by atoms with E-state index in [2.05, 4.69) is 5.10 Å². The zero-order valence-corrected chi connectivity index (χ0v) is 14.2.